The van der Waals surface area contributed by atoms with Gasteiger partial charge in [-0.1, -0.05) is 59.3 Å². The van der Waals surface area contributed by atoms with Crippen LogP contribution >= 0.6 is 11.8 Å². The van der Waals surface area contributed by atoms with E-state index < -0.39 is 0 Å². The molecule has 0 bridgehead atoms. The molecule has 0 spiro atoms. The van der Waals surface area contributed by atoms with E-state index in [-0.39, 0.29) is 11.7 Å². The number of rotatable bonds is 7. The summed E-state index contributed by atoms with van der Waals surface area (Å²) >= 11 is 1.42. The van der Waals surface area contributed by atoms with Gasteiger partial charge in [0.15, 0.2) is 5.16 Å². The van der Waals surface area contributed by atoms with Crippen molar-refractivity contribution in [3.8, 4) is 11.3 Å². The van der Waals surface area contributed by atoms with Crippen LogP contribution in [0.5, 0.6) is 0 Å². The number of carbonyl (C=O) groups excluding carboxylic acids is 1. The molecule has 5 nitrogen and oxygen atoms in total. The van der Waals surface area contributed by atoms with Crippen LogP contribution in [-0.2, 0) is 11.3 Å². The van der Waals surface area contributed by atoms with Gasteiger partial charge in [0.1, 0.15) is 5.76 Å². The van der Waals surface area contributed by atoms with E-state index in [4.69, 9.17) is 4.42 Å². The summed E-state index contributed by atoms with van der Waals surface area (Å²) in [7, 11) is 0. The van der Waals surface area contributed by atoms with Gasteiger partial charge in [-0.2, -0.15) is 0 Å². The molecular formula is C24H23N3O2S. The molecule has 4 aromatic rings. The number of hydrogen-bond acceptors (Lipinski definition) is 4. The van der Waals surface area contributed by atoms with Gasteiger partial charge in [0.05, 0.1) is 30.5 Å². The van der Waals surface area contributed by atoms with Gasteiger partial charge in [-0.05, 0) is 43.7 Å². The summed E-state index contributed by atoms with van der Waals surface area (Å²) in [5.41, 5.74) is 5.23. The van der Waals surface area contributed by atoms with Crippen molar-refractivity contribution in [1.82, 2.24) is 9.55 Å². The average Bonchev–Trinajstić information content (AvgIpc) is 3.39. The minimum absolute atomic E-state index is 0.0618. The van der Waals surface area contributed by atoms with E-state index >= 15 is 0 Å². The summed E-state index contributed by atoms with van der Waals surface area (Å²) in [5.74, 6) is 1.05. The number of furan rings is 1. The van der Waals surface area contributed by atoms with Crippen LogP contribution in [0.3, 0.4) is 0 Å². The zero-order chi connectivity index (χ0) is 20.9. The van der Waals surface area contributed by atoms with Crippen molar-refractivity contribution in [3.63, 3.8) is 0 Å². The fourth-order valence-electron chi connectivity index (χ4n) is 3.10. The van der Waals surface area contributed by atoms with Crippen LogP contribution in [0.4, 0.5) is 5.69 Å². The summed E-state index contributed by atoms with van der Waals surface area (Å²) in [6.07, 6.45) is 3.52. The van der Waals surface area contributed by atoms with Gasteiger partial charge in [0.25, 0.3) is 0 Å². The standard InChI is InChI=1S/C24H23N3O2S/c1-17-5-9-19(10-6-17)22-14-25-24(27(22)15-21-4-3-13-29-21)30-16-23(28)26-20-11-7-18(2)8-12-20/h3-14H,15-16H2,1-2H3,(H,26,28). The van der Waals surface area contributed by atoms with Crippen molar-refractivity contribution in [2.45, 2.75) is 25.5 Å². The molecule has 6 heteroatoms. The minimum Gasteiger partial charge on any atom is -0.467 e. The molecule has 30 heavy (non-hydrogen) atoms. The number of nitrogens with zero attached hydrogens (tertiary/aromatic N) is 2. The zero-order valence-corrected chi connectivity index (χ0v) is 17.8. The lowest BCUT2D eigenvalue weighted by atomic mass is 10.1. The normalized spacial score (nSPS) is 10.9. The Bertz CT molecular complexity index is 1110. The Labute approximate surface area is 180 Å². The first-order valence-corrected chi connectivity index (χ1v) is 10.7. The van der Waals surface area contributed by atoms with Gasteiger partial charge in [-0.25, -0.2) is 4.98 Å². The number of carbonyl (C=O) groups is 1. The van der Waals surface area contributed by atoms with Crippen molar-refractivity contribution < 1.29 is 9.21 Å². The summed E-state index contributed by atoms with van der Waals surface area (Å²) in [5, 5.41) is 3.71. The van der Waals surface area contributed by atoms with Gasteiger partial charge in [0, 0.05) is 5.69 Å². The highest BCUT2D eigenvalue weighted by molar-refractivity contribution is 7.99. The Morgan fingerprint density at radius 1 is 1.03 bits per heavy atom. The van der Waals surface area contributed by atoms with Crippen LogP contribution in [0.1, 0.15) is 16.9 Å². The number of hydrogen-bond donors (Lipinski definition) is 1. The van der Waals surface area contributed by atoms with E-state index in [2.05, 4.69) is 46.1 Å². The molecule has 0 aliphatic rings. The number of thioether (sulfide) groups is 1. The lowest BCUT2D eigenvalue weighted by Gasteiger charge is -2.11. The second-order valence-corrected chi connectivity index (χ2v) is 8.10. The number of anilines is 1. The molecule has 0 saturated heterocycles. The summed E-state index contributed by atoms with van der Waals surface area (Å²) in [6, 6.07) is 19.9. The van der Waals surface area contributed by atoms with E-state index in [1.807, 2.05) is 49.5 Å². The second-order valence-electron chi connectivity index (χ2n) is 7.16. The van der Waals surface area contributed by atoms with E-state index in [1.165, 1.54) is 17.3 Å². The maximum atomic E-state index is 12.4. The van der Waals surface area contributed by atoms with Crippen LogP contribution in [0.2, 0.25) is 0 Å². The fraction of sp³-hybridized carbons (Fsp3) is 0.167. The van der Waals surface area contributed by atoms with E-state index in [1.54, 1.807) is 6.26 Å². The molecule has 2 heterocycles. The Kier molecular flexibility index (Phi) is 6.05. The van der Waals surface area contributed by atoms with Gasteiger partial charge in [-0.15, -0.1) is 0 Å². The predicted molar refractivity (Wildman–Crippen MR) is 121 cm³/mol. The van der Waals surface area contributed by atoms with Crippen LogP contribution < -0.4 is 5.32 Å². The van der Waals surface area contributed by atoms with Crippen molar-refractivity contribution >= 4 is 23.4 Å². The molecule has 1 amide bonds. The monoisotopic (exact) mass is 417 g/mol. The molecule has 0 atom stereocenters. The smallest absolute Gasteiger partial charge is 0.234 e. The topological polar surface area (TPSA) is 60.1 Å². The highest BCUT2D eigenvalue weighted by Gasteiger charge is 2.15. The van der Waals surface area contributed by atoms with Gasteiger partial charge >= 0.3 is 0 Å². The first-order chi connectivity index (χ1) is 14.6. The third-order valence-electron chi connectivity index (χ3n) is 4.73. The zero-order valence-electron chi connectivity index (χ0n) is 17.0. The second kappa shape index (κ2) is 9.05. The molecular weight excluding hydrogens is 394 g/mol. The molecule has 0 unspecified atom stereocenters. The number of benzene rings is 2. The Morgan fingerprint density at radius 3 is 2.40 bits per heavy atom. The number of imidazole rings is 1. The fourth-order valence-corrected chi connectivity index (χ4v) is 3.88. The first kappa shape index (κ1) is 20.0. The molecule has 0 aliphatic heterocycles. The number of amides is 1. The van der Waals surface area contributed by atoms with Gasteiger partial charge in [-0.3, -0.25) is 4.79 Å². The maximum Gasteiger partial charge on any atom is 0.234 e. The molecule has 4 rings (SSSR count). The average molecular weight is 418 g/mol. The highest BCUT2D eigenvalue weighted by atomic mass is 32.2. The Morgan fingerprint density at radius 2 is 1.73 bits per heavy atom. The highest BCUT2D eigenvalue weighted by Crippen LogP contribution is 2.28. The largest absolute Gasteiger partial charge is 0.467 e. The molecule has 2 aromatic carbocycles. The van der Waals surface area contributed by atoms with Crippen molar-refractivity contribution in [1.29, 1.82) is 0 Å². The molecule has 0 radical (unpaired) electrons. The van der Waals surface area contributed by atoms with E-state index in [0.717, 1.165) is 33.4 Å². The summed E-state index contributed by atoms with van der Waals surface area (Å²) in [4.78, 5) is 17.0. The van der Waals surface area contributed by atoms with Crippen LogP contribution in [0.15, 0.2) is 82.7 Å². The van der Waals surface area contributed by atoms with E-state index in [0.29, 0.717) is 6.54 Å². The van der Waals surface area contributed by atoms with Crippen molar-refractivity contribution in [2.24, 2.45) is 0 Å². The number of aromatic nitrogens is 2. The van der Waals surface area contributed by atoms with Crippen LogP contribution in [0.25, 0.3) is 11.3 Å². The maximum absolute atomic E-state index is 12.4. The molecule has 152 valence electrons. The summed E-state index contributed by atoms with van der Waals surface area (Å²) < 4.78 is 7.64. The van der Waals surface area contributed by atoms with Crippen LogP contribution in [0, 0.1) is 13.8 Å². The molecule has 1 N–H and O–H groups in total. The third-order valence-corrected chi connectivity index (χ3v) is 5.72. The molecule has 0 saturated carbocycles. The molecule has 0 aliphatic carbocycles. The minimum atomic E-state index is -0.0618. The molecule has 2 aromatic heterocycles. The Hall–Kier alpha value is -3.25. The van der Waals surface area contributed by atoms with E-state index in [9.17, 15) is 4.79 Å². The SMILES string of the molecule is Cc1ccc(NC(=O)CSc2ncc(-c3ccc(C)cc3)n2Cc2ccco2)cc1. The van der Waals surface area contributed by atoms with Gasteiger partial charge in [0.2, 0.25) is 5.91 Å². The lowest BCUT2D eigenvalue weighted by molar-refractivity contribution is -0.113. The van der Waals surface area contributed by atoms with Gasteiger partial charge < -0.3 is 14.3 Å². The van der Waals surface area contributed by atoms with Crippen molar-refractivity contribution in [3.05, 3.63) is 90.0 Å². The number of nitrogens with one attached hydrogen (secondary N) is 1. The number of aryl methyl sites for hydroxylation is 2. The third kappa shape index (κ3) is 4.83. The predicted octanol–water partition coefficient (Wildman–Crippen LogP) is 5.54. The lowest BCUT2D eigenvalue weighted by Crippen LogP contribution is -2.14. The Balaban J connectivity index is 1.52. The molecule has 0 fully saturated rings. The quantitative estimate of drug-likeness (QED) is 0.401. The van der Waals surface area contributed by atoms with Crippen LogP contribution in [-0.4, -0.2) is 21.2 Å². The van der Waals surface area contributed by atoms with Crippen molar-refractivity contribution in [2.75, 3.05) is 11.1 Å². The first-order valence-electron chi connectivity index (χ1n) is 9.73. The summed E-state index contributed by atoms with van der Waals surface area (Å²) in [6.45, 7) is 4.64.